The first-order valence-corrected chi connectivity index (χ1v) is 9.62. The van der Waals surface area contributed by atoms with E-state index in [2.05, 4.69) is 11.1 Å². The van der Waals surface area contributed by atoms with E-state index >= 15 is 0 Å². The van der Waals surface area contributed by atoms with Crippen molar-refractivity contribution in [3.05, 3.63) is 59.7 Å². The Bertz CT molecular complexity index is 869. The molecule has 4 nitrogen and oxygen atoms in total. The first-order chi connectivity index (χ1) is 12.0. The molecule has 128 valence electrons. The number of hydrogen-bond acceptors (Lipinski definition) is 6. The Morgan fingerprint density at radius 1 is 1.16 bits per heavy atom. The van der Waals surface area contributed by atoms with Crippen LogP contribution in [0.3, 0.4) is 0 Å². The van der Waals surface area contributed by atoms with Crippen molar-refractivity contribution in [2.45, 2.75) is 30.0 Å². The van der Waals surface area contributed by atoms with Gasteiger partial charge in [0.05, 0.1) is 15.8 Å². The number of Topliss-reactive ketones (excluding diaryl/α,β-unsaturated/α-hetero) is 1. The van der Waals surface area contributed by atoms with Gasteiger partial charge >= 0.3 is 5.97 Å². The number of rotatable bonds is 6. The van der Waals surface area contributed by atoms with Crippen molar-refractivity contribution in [2.24, 2.45) is 0 Å². The van der Waals surface area contributed by atoms with Crippen LogP contribution in [0.5, 0.6) is 0 Å². The lowest BCUT2D eigenvalue weighted by molar-refractivity contribution is -0.124. The molecule has 0 saturated carbocycles. The number of carbonyl (C=O) groups excluding carboxylic acids is 2. The number of carbonyl (C=O) groups is 2. The average Bonchev–Trinajstić information content (AvgIpc) is 3.03. The van der Waals surface area contributed by atoms with E-state index < -0.39 is 12.1 Å². The van der Waals surface area contributed by atoms with Gasteiger partial charge in [-0.05, 0) is 43.7 Å². The lowest BCUT2D eigenvalue weighted by Gasteiger charge is -2.10. The van der Waals surface area contributed by atoms with E-state index in [1.165, 1.54) is 11.6 Å². The largest absolute Gasteiger partial charge is 0.451 e. The molecular formula is C19H17NO3S2. The molecule has 0 fully saturated rings. The number of ether oxygens (including phenoxy) is 1. The average molecular weight is 371 g/mol. The zero-order chi connectivity index (χ0) is 17.8. The molecule has 6 heteroatoms. The van der Waals surface area contributed by atoms with Gasteiger partial charge in [0.1, 0.15) is 0 Å². The molecule has 0 aliphatic carbocycles. The van der Waals surface area contributed by atoms with Crippen molar-refractivity contribution < 1.29 is 14.3 Å². The molecular weight excluding hydrogens is 354 g/mol. The molecule has 3 aromatic rings. The van der Waals surface area contributed by atoms with E-state index in [0.29, 0.717) is 5.56 Å². The van der Waals surface area contributed by atoms with Crippen LogP contribution in [0.1, 0.15) is 29.8 Å². The number of hydrogen-bond donors (Lipinski definition) is 0. The number of fused-ring (bicyclic) bond motifs is 1. The molecule has 1 atom stereocenters. The van der Waals surface area contributed by atoms with E-state index in [1.807, 2.05) is 30.3 Å². The number of nitrogens with zero attached hydrogens (tertiary/aromatic N) is 1. The lowest BCUT2D eigenvalue weighted by atomic mass is 10.1. The SMILES string of the molecule is CC(=O)[C@@H](C)OC(=O)c1ccc(CSc2nc3ccccc3s2)cc1. The molecule has 25 heavy (non-hydrogen) atoms. The zero-order valence-electron chi connectivity index (χ0n) is 13.9. The van der Waals surface area contributed by atoms with E-state index in [0.717, 1.165) is 21.2 Å². The summed E-state index contributed by atoms with van der Waals surface area (Å²) in [6.45, 7) is 2.98. The fraction of sp³-hybridized carbons (Fsp3) is 0.211. The molecule has 0 aliphatic heterocycles. The maximum atomic E-state index is 12.0. The van der Waals surface area contributed by atoms with Crippen LogP contribution in [0.4, 0.5) is 0 Å². The number of thioether (sulfide) groups is 1. The second-order valence-corrected chi connectivity index (χ2v) is 7.84. The smallest absolute Gasteiger partial charge is 0.338 e. The molecule has 0 aliphatic rings. The van der Waals surface area contributed by atoms with Gasteiger partial charge in [-0.2, -0.15) is 0 Å². The van der Waals surface area contributed by atoms with Gasteiger partial charge in [-0.1, -0.05) is 36.0 Å². The van der Waals surface area contributed by atoms with Gasteiger partial charge in [0.2, 0.25) is 0 Å². The summed E-state index contributed by atoms with van der Waals surface area (Å²) >= 11 is 3.35. The van der Waals surface area contributed by atoms with Crippen LogP contribution in [-0.4, -0.2) is 22.8 Å². The van der Waals surface area contributed by atoms with Crippen molar-refractivity contribution >= 4 is 45.1 Å². The Labute approximate surface area is 154 Å². The summed E-state index contributed by atoms with van der Waals surface area (Å²) in [5, 5.41) is 0. The summed E-state index contributed by atoms with van der Waals surface area (Å²) in [4.78, 5) is 27.7. The van der Waals surface area contributed by atoms with E-state index in [4.69, 9.17) is 4.74 Å². The quantitative estimate of drug-likeness (QED) is 0.463. The Balaban J connectivity index is 1.60. The van der Waals surface area contributed by atoms with E-state index in [1.54, 1.807) is 42.2 Å². The van der Waals surface area contributed by atoms with Crippen LogP contribution < -0.4 is 0 Å². The van der Waals surface area contributed by atoms with Gasteiger partial charge in [0.15, 0.2) is 16.2 Å². The number of aromatic nitrogens is 1. The van der Waals surface area contributed by atoms with Gasteiger partial charge in [-0.25, -0.2) is 9.78 Å². The van der Waals surface area contributed by atoms with Crippen molar-refractivity contribution in [1.29, 1.82) is 0 Å². The van der Waals surface area contributed by atoms with Gasteiger partial charge in [0, 0.05) is 5.75 Å². The summed E-state index contributed by atoms with van der Waals surface area (Å²) in [6.07, 6.45) is -0.721. The number of para-hydroxylation sites is 1. The highest BCUT2D eigenvalue weighted by Crippen LogP contribution is 2.31. The molecule has 0 saturated heterocycles. The molecule has 3 rings (SSSR count). The summed E-state index contributed by atoms with van der Waals surface area (Å²) in [5.74, 6) is 0.129. The third-order valence-electron chi connectivity index (χ3n) is 3.68. The van der Waals surface area contributed by atoms with Crippen molar-refractivity contribution in [2.75, 3.05) is 0 Å². The molecule has 0 radical (unpaired) electrons. The van der Waals surface area contributed by atoms with Gasteiger partial charge in [-0.15, -0.1) is 11.3 Å². The fourth-order valence-corrected chi connectivity index (χ4v) is 4.13. The molecule has 1 aromatic heterocycles. The van der Waals surface area contributed by atoms with Crippen molar-refractivity contribution in [1.82, 2.24) is 4.98 Å². The summed E-state index contributed by atoms with van der Waals surface area (Å²) in [5.41, 5.74) is 2.56. The highest BCUT2D eigenvalue weighted by Gasteiger charge is 2.15. The first-order valence-electron chi connectivity index (χ1n) is 7.81. The number of ketones is 1. The second kappa shape index (κ2) is 7.80. The van der Waals surface area contributed by atoms with Crippen molar-refractivity contribution in [3.63, 3.8) is 0 Å². The lowest BCUT2D eigenvalue weighted by Crippen LogP contribution is -2.21. The van der Waals surface area contributed by atoms with Crippen LogP contribution >= 0.6 is 23.1 Å². The Morgan fingerprint density at radius 2 is 1.88 bits per heavy atom. The summed E-state index contributed by atoms with van der Waals surface area (Å²) in [7, 11) is 0. The highest BCUT2D eigenvalue weighted by molar-refractivity contribution is 8.00. The minimum atomic E-state index is -0.721. The van der Waals surface area contributed by atoms with Crippen LogP contribution in [0.15, 0.2) is 52.9 Å². The van der Waals surface area contributed by atoms with Gasteiger partial charge < -0.3 is 4.74 Å². The second-order valence-electron chi connectivity index (χ2n) is 5.59. The molecule has 1 heterocycles. The predicted molar refractivity (Wildman–Crippen MR) is 101 cm³/mol. The van der Waals surface area contributed by atoms with Crippen LogP contribution in [0.2, 0.25) is 0 Å². The fourth-order valence-electron chi connectivity index (χ4n) is 2.11. The van der Waals surface area contributed by atoms with E-state index in [9.17, 15) is 9.59 Å². The summed E-state index contributed by atoms with van der Waals surface area (Å²) < 4.78 is 7.31. The van der Waals surface area contributed by atoms with Crippen molar-refractivity contribution in [3.8, 4) is 0 Å². The Hall–Kier alpha value is -2.18. The Kier molecular flexibility index (Phi) is 5.50. The third-order valence-corrected chi connectivity index (χ3v) is 5.93. The van der Waals surface area contributed by atoms with Gasteiger partial charge in [0.25, 0.3) is 0 Å². The monoisotopic (exact) mass is 371 g/mol. The normalized spacial score (nSPS) is 12.1. The topological polar surface area (TPSA) is 56.3 Å². The molecule has 0 unspecified atom stereocenters. The maximum absolute atomic E-state index is 12.0. The number of thiazole rings is 1. The standard InChI is InChI=1S/C19H17NO3S2/c1-12(21)13(2)23-18(22)15-9-7-14(8-10-15)11-24-19-20-16-5-3-4-6-17(16)25-19/h3-10,13H,11H2,1-2H3/t13-/m1/s1. The molecule has 0 bridgehead atoms. The number of esters is 1. The molecule has 0 amide bonds. The Morgan fingerprint density at radius 3 is 2.56 bits per heavy atom. The van der Waals surface area contributed by atoms with Crippen LogP contribution in [0, 0.1) is 0 Å². The summed E-state index contributed by atoms with van der Waals surface area (Å²) in [6, 6.07) is 15.3. The highest BCUT2D eigenvalue weighted by atomic mass is 32.2. The van der Waals surface area contributed by atoms with E-state index in [-0.39, 0.29) is 5.78 Å². The number of benzene rings is 2. The van der Waals surface area contributed by atoms with Crippen LogP contribution in [-0.2, 0) is 15.3 Å². The molecule has 2 aromatic carbocycles. The maximum Gasteiger partial charge on any atom is 0.338 e. The van der Waals surface area contributed by atoms with Gasteiger partial charge in [-0.3, -0.25) is 4.79 Å². The third kappa shape index (κ3) is 4.46. The molecule has 0 N–H and O–H groups in total. The van der Waals surface area contributed by atoms with Crippen LogP contribution in [0.25, 0.3) is 10.2 Å². The molecule has 0 spiro atoms. The zero-order valence-corrected chi connectivity index (χ0v) is 15.5. The minimum Gasteiger partial charge on any atom is -0.451 e. The predicted octanol–water partition coefficient (Wildman–Crippen LogP) is 4.72. The first kappa shape index (κ1) is 17.6. The minimum absolute atomic E-state index is 0.169.